The first kappa shape index (κ1) is 23.8. The van der Waals surface area contributed by atoms with E-state index in [1.165, 1.54) is 5.56 Å². The molecule has 0 radical (unpaired) electrons. The summed E-state index contributed by atoms with van der Waals surface area (Å²) in [4.78, 5) is 9.06. The van der Waals surface area contributed by atoms with E-state index in [-0.39, 0.29) is 26.5 Å². The Morgan fingerprint density at radius 2 is 1.21 bits per heavy atom. The summed E-state index contributed by atoms with van der Waals surface area (Å²) in [5.74, 6) is 0. The quantitative estimate of drug-likeness (QED) is 0.192. The number of nitrogens with zero attached hydrogens (tertiary/aromatic N) is 2. The zero-order chi connectivity index (χ0) is 22.7. The fraction of sp³-hybridized carbons (Fsp3) is 0.0968. The molecule has 0 saturated heterocycles. The van der Waals surface area contributed by atoms with Crippen LogP contribution in [0.5, 0.6) is 0 Å². The largest absolute Gasteiger partial charge is 2.00 e. The SMILES string of the molecule is CC(C)(c1cccc(-c2[c-]c(-c3[c-]c(-c4ccccn4)ccc3)ccc2)c1)c1ccccn1.[Pt+2]. The van der Waals surface area contributed by atoms with Gasteiger partial charge in [0.05, 0.1) is 5.69 Å². The van der Waals surface area contributed by atoms with Crippen LogP contribution in [0.3, 0.4) is 0 Å². The third-order valence-electron chi connectivity index (χ3n) is 6.02. The molecule has 3 aromatic carbocycles. The summed E-state index contributed by atoms with van der Waals surface area (Å²) in [7, 11) is 0. The van der Waals surface area contributed by atoms with Crippen LogP contribution in [-0.2, 0) is 26.5 Å². The summed E-state index contributed by atoms with van der Waals surface area (Å²) in [6.07, 6.45) is 3.66. The number of hydrogen-bond donors (Lipinski definition) is 0. The van der Waals surface area contributed by atoms with Crippen LogP contribution in [0.4, 0.5) is 0 Å². The molecule has 168 valence electrons. The maximum Gasteiger partial charge on any atom is 2.00 e. The summed E-state index contributed by atoms with van der Waals surface area (Å²) < 4.78 is 0. The van der Waals surface area contributed by atoms with Crippen molar-refractivity contribution in [3.63, 3.8) is 0 Å². The average molecular weight is 620 g/mol. The van der Waals surface area contributed by atoms with Crippen molar-refractivity contribution in [1.82, 2.24) is 9.97 Å². The van der Waals surface area contributed by atoms with E-state index in [4.69, 9.17) is 0 Å². The molecule has 0 fully saturated rings. The molecule has 2 nitrogen and oxygen atoms in total. The summed E-state index contributed by atoms with van der Waals surface area (Å²) in [6.45, 7) is 4.43. The predicted octanol–water partition coefficient (Wildman–Crippen LogP) is 7.40. The van der Waals surface area contributed by atoms with Crippen LogP contribution < -0.4 is 0 Å². The van der Waals surface area contributed by atoms with Crippen molar-refractivity contribution in [3.05, 3.63) is 133 Å². The molecular formula is C31H24N2Pt. The van der Waals surface area contributed by atoms with Crippen LogP contribution in [0.1, 0.15) is 25.1 Å². The molecule has 0 aliphatic carbocycles. The molecule has 0 bridgehead atoms. The number of benzene rings is 3. The van der Waals surface area contributed by atoms with Crippen molar-refractivity contribution in [2.45, 2.75) is 19.3 Å². The van der Waals surface area contributed by atoms with Gasteiger partial charge in [-0.2, -0.15) is 35.4 Å². The normalized spacial score (nSPS) is 11.0. The van der Waals surface area contributed by atoms with Crippen LogP contribution in [0.25, 0.3) is 33.5 Å². The standard InChI is InChI=1S/C31H24N2.Pt/c1-31(2,30-17-4-6-19-33-30)28-15-9-13-26(22-28)24-11-7-10-23(20-24)25-12-8-14-27(21-25)29-16-3-5-18-32-29;/h3-19,22H,1-2H3;/q-2;+2. The Morgan fingerprint density at radius 1 is 0.588 bits per heavy atom. The minimum atomic E-state index is -0.195. The van der Waals surface area contributed by atoms with Crippen molar-refractivity contribution < 1.29 is 21.1 Å². The van der Waals surface area contributed by atoms with E-state index < -0.39 is 0 Å². The first-order valence-corrected chi connectivity index (χ1v) is 11.1. The minimum absolute atomic E-state index is 0. The number of pyridine rings is 2. The van der Waals surface area contributed by atoms with Crippen molar-refractivity contribution in [2.24, 2.45) is 0 Å². The first-order chi connectivity index (χ1) is 16.1. The second-order valence-corrected chi connectivity index (χ2v) is 8.59. The van der Waals surface area contributed by atoms with Gasteiger partial charge < -0.3 is 0 Å². The summed E-state index contributed by atoms with van der Waals surface area (Å²) in [6, 6.07) is 40.2. The van der Waals surface area contributed by atoms with Crippen molar-refractivity contribution in [1.29, 1.82) is 0 Å². The van der Waals surface area contributed by atoms with Crippen molar-refractivity contribution >= 4 is 0 Å². The van der Waals surface area contributed by atoms with E-state index in [1.807, 2.05) is 54.9 Å². The van der Waals surface area contributed by atoms with Gasteiger partial charge in [-0.25, -0.2) is 0 Å². The van der Waals surface area contributed by atoms with Crippen LogP contribution in [0, 0.1) is 12.1 Å². The molecule has 5 aromatic rings. The first-order valence-electron chi connectivity index (χ1n) is 11.1. The topological polar surface area (TPSA) is 25.8 Å². The Hall–Kier alpha value is -3.35. The van der Waals surface area contributed by atoms with Crippen molar-refractivity contribution in [3.8, 4) is 33.5 Å². The molecule has 0 unspecified atom stereocenters. The Labute approximate surface area is 216 Å². The van der Waals surface area contributed by atoms with E-state index in [0.717, 1.165) is 39.2 Å². The molecule has 0 saturated carbocycles. The van der Waals surface area contributed by atoms with E-state index in [0.29, 0.717) is 0 Å². The Kier molecular flexibility index (Phi) is 7.20. The second-order valence-electron chi connectivity index (χ2n) is 8.59. The molecule has 5 rings (SSSR count). The van der Waals surface area contributed by atoms with E-state index in [9.17, 15) is 0 Å². The molecule has 3 heteroatoms. The smallest absolute Gasteiger partial charge is 0.295 e. The zero-order valence-corrected chi connectivity index (χ0v) is 21.4. The van der Waals surface area contributed by atoms with Crippen LogP contribution in [0.15, 0.2) is 109 Å². The summed E-state index contributed by atoms with van der Waals surface area (Å²) >= 11 is 0. The van der Waals surface area contributed by atoms with Gasteiger partial charge in [0.15, 0.2) is 0 Å². The van der Waals surface area contributed by atoms with Gasteiger partial charge in [-0.15, -0.1) is 35.4 Å². The maximum absolute atomic E-state index is 4.60. The van der Waals surface area contributed by atoms with E-state index in [2.05, 4.69) is 90.5 Å². The minimum Gasteiger partial charge on any atom is -0.295 e. The monoisotopic (exact) mass is 619 g/mol. The van der Waals surface area contributed by atoms with E-state index >= 15 is 0 Å². The third-order valence-corrected chi connectivity index (χ3v) is 6.02. The molecule has 0 aliphatic rings. The summed E-state index contributed by atoms with van der Waals surface area (Å²) in [5, 5.41) is 0. The van der Waals surface area contributed by atoms with Gasteiger partial charge in [-0.1, -0.05) is 61.9 Å². The molecule has 0 aliphatic heterocycles. The average Bonchev–Trinajstić information content (AvgIpc) is 2.90. The van der Waals surface area contributed by atoms with Gasteiger partial charge in [-0.05, 0) is 23.8 Å². The molecule has 0 spiro atoms. The molecule has 34 heavy (non-hydrogen) atoms. The number of hydrogen-bond acceptors (Lipinski definition) is 2. The van der Waals surface area contributed by atoms with E-state index in [1.54, 1.807) is 0 Å². The predicted molar refractivity (Wildman–Crippen MR) is 135 cm³/mol. The Bertz CT molecular complexity index is 1380. The fourth-order valence-electron chi connectivity index (χ4n) is 4.05. The van der Waals surface area contributed by atoms with Gasteiger partial charge in [0.2, 0.25) is 0 Å². The molecule has 0 amide bonds. The van der Waals surface area contributed by atoms with Crippen LogP contribution >= 0.6 is 0 Å². The Balaban J connectivity index is 0.00000274. The Morgan fingerprint density at radius 3 is 1.88 bits per heavy atom. The molecule has 2 aromatic heterocycles. The maximum atomic E-state index is 4.60. The molecule has 0 atom stereocenters. The van der Waals surface area contributed by atoms with Gasteiger partial charge in [0.1, 0.15) is 0 Å². The summed E-state index contributed by atoms with van der Waals surface area (Å²) in [5.41, 5.74) is 8.19. The van der Waals surface area contributed by atoms with Crippen molar-refractivity contribution in [2.75, 3.05) is 0 Å². The van der Waals surface area contributed by atoms with Gasteiger partial charge in [-0.3, -0.25) is 9.97 Å². The second kappa shape index (κ2) is 10.3. The zero-order valence-electron chi connectivity index (χ0n) is 19.1. The fourth-order valence-corrected chi connectivity index (χ4v) is 4.05. The molecule has 2 heterocycles. The van der Waals surface area contributed by atoms with Crippen LogP contribution in [-0.4, -0.2) is 9.97 Å². The van der Waals surface area contributed by atoms with Gasteiger partial charge >= 0.3 is 21.1 Å². The van der Waals surface area contributed by atoms with Crippen LogP contribution in [0.2, 0.25) is 0 Å². The third kappa shape index (κ3) is 4.93. The van der Waals surface area contributed by atoms with Gasteiger partial charge in [0, 0.05) is 23.5 Å². The molecular weight excluding hydrogens is 595 g/mol. The molecule has 0 N–H and O–H groups in total. The number of aromatic nitrogens is 2. The van der Waals surface area contributed by atoms with Gasteiger partial charge in [0.25, 0.3) is 0 Å². The number of rotatable bonds is 5.